The molecule has 44 heavy (non-hydrogen) atoms. The molecule has 0 unspecified atom stereocenters. The highest BCUT2D eigenvalue weighted by atomic mass is 16.5. The van der Waals surface area contributed by atoms with Gasteiger partial charge in [0, 0.05) is 46.3 Å². The summed E-state index contributed by atoms with van der Waals surface area (Å²) in [6.45, 7) is 4.22. The molecular formula is C40H36N2O2. The van der Waals surface area contributed by atoms with Crippen molar-refractivity contribution in [3.63, 3.8) is 0 Å². The van der Waals surface area contributed by atoms with Crippen LogP contribution in [-0.2, 0) is 0 Å². The van der Waals surface area contributed by atoms with Gasteiger partial charge in [-0.2, -0.15) is 0 Å². The van der Waals surface area contributed by atoms with Gasteiger partial charge in [-0.25, -0.2) is 0 Å². The lowest BCUT2D eigenvalue weighted by Gasteiger charge is -2.30. The Labute approximate surface area is 260 Å². The van der Waals surface area contributed by atoms with E-state index in [2.05, 4.69) is 145 Å². The van der Waals surface area contributed by atoms with Gasteiger partial charge in [-0.3, -0.25) is 0 Å². The third kappa shape index (κ3) is 6.16. The molecule has 0 aliphatic carbocycles. The van der Waals surface area contributed by atoms with Gasteiger partial charge in [0.1, 0.15) is 11.5 Å². The highest BCUT2D eigenvalue weighted by molar-refractivity contribution is 5.87. The maximum absolute atomic E-state index is 5.65. The summed E-state index contributed by atoms with van der Waals surface area (Å²) in [7, 11) is 3.41. The topological polar surface area (TPSA) is 24.9 Å². The van der Waals surface area contributed by atoms with E-state index in [-0.39, 0.29) is 0 Å². The molecule has 6 aromatic rings. The second-order valence-corrected chi connectivity index (χ2v) is 10.8. The maximum atomic E-state index is 5.65. The van der Waals surface area contributed by atoms with E-state index in [9.17, 15) is 0 Å². The minimum Gasteiger partial charge on any atom is -0.497 e. The molecule has 4 heteroatoms. The molecule has 0 aromatic heterocycles. The number of nitrogens with zero attached hydrogens (tertiary/aromatic N) is 2. The van der Waals surface area contributed by atoms with Gasteiger partial charge in [-0.05, 0) is 91.7 Å². The van der Waals surface area contributed by atoms with Crippen molar-refractivity contribution < 1.29 is 9.47 Å². The van der Waals surface area contributed by atoms with E-state index in [4.69, 9.17) is 9.47 Å². The number of hydrogen-bond donors (Lipinski definition) is 0. The van der Waals surface area contributed by atoms with E-state index in [1.54, 1.807) is 14.2 Å². The third-order valence-corrected chi connectivity index (χ3v) is 7.73. The molecule has 0 fully saturated rings. The summed E-state index contributed by atoms with van der Waals surface area (Å²) in [5.41, 5.74) is 10.9. The van der Waals surface area contributed by atoms with Crippen LogP contribution in [0, 0.1) is 13.8 Å². The van der Waals surface area contributed by atoms with E-state index in [0.29, 0.717) is 0 Å². The Bertz CT molecular complexity index is 1730. The van der Waals surface area contributed by atoms with Crippen LogP contribution in [0.2, 0.25) is 0 Å². The summed E-state index contributed by atoms with van der Waals surface area (Å²) < 4.78 is 11.3. The molecule has 0 atom stereocenters. The highest BCUT2D eigenvalue weighted by Crippen LogP contribution is 2.44. The number of ether oxygens (including phenoxy) is 2. The molecule has 6 aromatic carbocycles. The van der Waals surface area contributed by atoms with Crippen molar-refractivity contribution in [1.29, 1.82) is 0 Å². The summed E-state index contributed by atoms with van der Waals surface area (Å²) >= 11 is 0. The summed E-state index contributed by atoms with van der Waals surface area (Å²) in [6.07, 6.45) is 0. The minimum atomic E-state index is 0.803. The molecule has 0 amide bonds. The number of methoxy groups -OCH3 is 2. The van der Waals surface area contributed by atoms with Crippen molar-refractivity contribution in [2.45, 2.75) is 13.8 Å². The van der Waals surface area contributed by atoms with E-state index >= 15 is 0 Å². The summed E-state index contributed by atoms with van der Waals surface area (Å²) in [5, 5.41) is 0. The molecule has 0 bridgehead atoms. The zero-order valence-electron chi connectivity index (χ0n) is 25.6. The van der Waals surface area contributed by atoms with Crippen molar-refractivity contribution in [3.05, 3.63) is 157 Å². The standard InChI is InChI=1S/C40H36N2O2/c1-29-16-20-33(21-17-29)41(35-12-8-14-39(27-35)43-3)37-24-32(31-10-6-5-7-11-31)25-38(26-37)42(34-22-18-30(2)19-23-34)36-13-9-15-40(28-36)44-4/h5-28H,1-4H3. The normalized spacial score (nSPS) is 10.7. The predicted molar refractivity (Wildman–Crippen MR) is 184 cm³/mol. The second-order valence-electron chi connectivity index (χ2n) is 10.8. The lowest BCUT2D eigenvalue weighted by atomic mass is 10.0. The number of aryl methyl sites for hydroxylation is 2. The third-order valence-electron chi connectivity index (χ3n) is 7.73. The smallest absolute Gasteiger partial charge is 0.120 e. The first-order valence-corrected chi connectivity index (χ1v) is 14.7. The van der Waals surface area contributed by atoms with Crippen LogP contribution >= 0.6 is 0 Å². The highest BCUT2D eigenvalue weighted by Gasteiger charge is 2.20. The number of rotatable bonds is 9. The molecule has 0 saturated carbocycles. The molecule has 6 rings (SSSR count). The predicted octanol–water partition coefficient (Wildman–Crippen LogP) is 10.9. The Morgan fingerprint density at radius 3 is 1.25 bits per heavy atom. The number of anilines is 6. The zero-order chi connectivity index (χ0) is 30.5. The van der Waals surface area contributed by atoms with Gasteiger partial charge in [0.05, 0.1) is 14.2 Å². The molecule has 0 N–H and O–H groups in total. The van der Waals surface area contributed by atoms with Gasteiger partial charge in [0.2, 0.25) is 0 Å². The van der Waals surface area contributed by atoms with Crippen molar-refractivity contribution in [2.75, 3.05) is 24.0 Å². The largest absolute Gasteiger partial charge is 0.497 e. The first kappa shape index (κ1) is 28.6. The summed E-state index contributed by atoms with van der Waals surface area (Å²) in [5.74, 6) is 1.61. The van der Waals surface area contributed by atoms with Gasteiger partial charge < -0.3 is 19.3 Å². The molecule has 0 spiro atoms. The molecule has 218 valence electrons. The van der Waals surface area contributed by atoms with Crippen LogP contribution in [0.15, 0.2) is 146 Å². The molecule has 0 aliphatic heterocycles. The zero-order valence-corrected chi connectivity index (χ0v) is 25.6. The Balaban J connectivity index is 1.63. The average Bonchev–Trinajstić information content (AvgIpc) is 3.07. The Hall–Kier alpha value is -5.48. The fourth-order valence-electron chi connectivity index (χ4n) is 5.43. The van der Waals surface area contributed by atoms with Crippen LogP contribution < -0.4 is 19.3 Å². The van der Waals surface area contributed by atoms with Crippen LogP contribution in [0.4, 0.5) is 34.1 Å². The van der Waals surface area contributed by atoms with Crippen molar-refractivity contribution in [1.82, 2.24) is 0 Å². The quantitative estimate of drug-likeness (QED) is 0.171. The Morgan fingerprint density at radius 2 is 0.818 bits per heavy atom. The molecular weight excluding hydrogens is 540 g/mol. The number of benzene rings is 6. The van der Waals surface area contributed by atoms with Crippen LogP contribution in [0.3, 0.4) is 0 Å². The lowest BCUT2D eigenvalue weighted by Crippen LogP contribution is -2.14. The molecule has 0 radical (unpaired) electrons. The molecule has 0 heterocycles. The van der Waals surface area contributed by atoms with Crippen LogP contribution in [-0.4, -0.2) is 14.2 Å². The SMILES string of the molecule is COc1cccc(N(c2ccc(C)cc2)c2cc(-c3ccccc3)cc(N(c3ccc(C)cc3)c3cccc(OC)c3)c2)c1. The minimum absolute atomic E-state index is 0.803. The van der Waals surface area contributed by atoms with Gasteiger partial charge in [0.15, 0.2) is 0 Å². The van der Waals surface area contributed by atoms with Crippen LogP contribution in [0.25, 0.3) is 11.1 Å². The average molecular weight is 577 g/mol. The van der Waals surface area contributed by atoms with Crippen molar-refractivity contribution >= 4 is 34.1 Å². The van der Waals surface area contributed by atoms with Gasteiger partial charge >= 0.3 is 0 Å². The Morgan fingerprint density at radius 1 is 0.364 bits per heavy atom. The van der Waals surface area contributed by atoms with E-state index in [1.807, 2.05) is 24.3 Å². The lowest BCUT2D eigenvalue weighted by molar-refractivity contribution is 0.415. The summed E-state index contributed by atoms with van der Waals surface area (Å²) in [6, 6.07) is 51.0. The molecule has 0 aliphatic rings. The monoisotopic (exact) mass is 576 g/mol. The van der Waals surface area contributed by atoms with Crippen molar-refractivity contribution in [2.24, 2.45) is 0 Å². The Kier molecular flexibility index (Phi) is 8.33. The first-order valence-electron chi connectivity index (χ1n) is 14.7. The fourth-order valence-corrected chi connectivity index (χ4v) is 5.43. The maximum Gasteiger partial charge on any atom is 0.120 e. The number of hydrogen-bond acceptors (Lipinski definition) is 4. The first-order chi connectivity index (χ1) is 21.5. The second kappa shape index (κ2) is 12.8. The van der Waals surface area contributed by atoms with Crippen LogP contribution in [0.5, 0.6) is 11.5 Å². The fraction of sp³-hybridized carbons (Fsp3) is 0.100. The van der Waals surface area contributed by atoms with Gasteiger partial charge in [-0.1, -0.05) is 77.9 Å². The van der Waals surface area contributed by atoms with Gasteiger partial charge in [-0.15, -0.1) is 0 Å². The molecule has 4 nitrogen and oxygen atoms in total. The van der Waals surface area contributed by atoms with E-state index in [1.165, 1.54) is 11.1 Å². The van der Waals surface area contributed by atoms with E-state index < -0.39 is 0 Å². The molecule has 0 saturated heterocycles. The van der Waals surface area contributed by atoms with Gasteiger partial charge in [0.25, 0.3) is 0 Å². The summed E-state index contributed by atoms with van der Waals surface area (Å²) in [4.78, 5) is 4.58. The van der Waals surface area contributed by atoms with E-state index in [0.717, 1.165) is 56.8 Å². The van der Waals surface area contributed by atoms with Crippen molar-refractivity contribution in [3.8, 4) is 22.6 Å². The van der Waals surface area contributed by atoms with Crippen LogP contribution in [0.1, 0.15) is 11.1 Å².